The third-order valence-electron chi connectivity index (χ3n) is 3.48. The van der Waals surface area contributed by atoms with Crippen LogP contribution in [-0.2, 0) is 0 Å². The molecule has 0 saturated carbocycles. The van der Waals surface area contributed by atoms with Gasteiger partial charge in [0, 0.05) is 31.9 Å². The second-order valence-corrected chi connectivity index (χ2v) is 5.58. The first-order valence-electron chi connectivity index (χ1n) is 6.01. The second kappa shape index (κ2) is 3.89. The van der Waals surface area contributed by atoms with Crippen LogP contribution in [0.1, 0.15) is 0 Å². The van der Waals surface area contributed by atoms with Crippen LogP contribution < -0.4 is 0 Å². The first-order chi connectivity index (χ1) is 9.20. The molecule has 0 bridgehead atoms. The zero-order chi connectivity index (χ0) is 13.0. The first kappa shape index (κ1) is 11.2. The number of rotatable bonds is 0. The van der Waals surface area contributed by atoms with Crippen LogP contribution in [0.15, 0.2) is 48.5 Å². The number of hydrogen-bond donors (Lipinski definition) is 1. The molecule has 92 valence electrons. The highest BCUT2D eigenvalue weighted by molar-refractivity contribution is 6.32. The number of halogens is 2. The molecular weight excluding hydrogens is 277 g/mol. The molecule has 1 N–H and O–H groups in total. The predicted molar refractivity (Wildman–Crippen MR) is 83.3 cm³/mol. The van der Waals surface area contributed by atoms with E-state index >= 15 is 0 Å². The van der Waals surface area contributed by atoms with Crippen molar-refractivity contribution in [2.45, 2.75) is 0 Å². The smallest absolute Gasteiger partial charge is 0.0471 e. The largest absolute Gasteiger partial charge is 0.354 e. The summed E-state index contributed by atoms with van der Waals surface area (Å²) in [4.78, 5) is 3.42. The van der Waals surface area contributed by atoms with E-state index in [4.69, 9.17) is 23.2 Å². The Morgan fingerprint density at radius 3 is 2.26 bits per heavy atom. The number of H-pyrrole nitrogens is 1. The van der Waals surface area contributed by atoms with Gasteiger partial charge in [0.25, 0.3) is 0 Å². The number of hydrogen-bond acceptors (Lipinski definition) is 0. The predicted octanol–water partition coefficient (Wildman–Crippen LogP) is 5.78. The van der Waals surface area contributed by atoms with Crippen molar-refractivity contribution >= 4 is 55.8 Å². The normalized spacial score (nSPS) is 11.7. The van der Waals surface area contributed by atoms with E-state index in [1.807, 2.05) is 36.4 Å². The van der Waals surface area contributed by atoms with Gasteiger partial charge in [0.05, 0.1) is 0 Å². The molecule has 0 atom stereocenters. The molecule has 3 aromatic carbocycles. The van der Waals surface area contributed by atoms with Crippen molar-refractivity contribution in [2.75, 3.05) is 0 Å². The van der Waals surface area contributed by atoms with Gasteiger partial charge >= 0.3 is 0 Å². The average Bonchev–Trinajstić information content (AvgIpc) is 2.73. The summed E-state index contributed by atoms with van der Waals surface area (Å²) in [6.45, 7) is 0. The Morgan fingerprint density at radius 2 is 1.37 bits per heavy atom. The molecule has 1 aromatic heterocycles. The van der Waals surface area contributed by atoms with Crippen molar-refractivity contribution in [3.63, 3.8) is 0 Å². The van der Waals surface area contributed by atoms with Crippen molar-refractivity contribution in [3.8, 4) is 0 Å². The number of nitrogens with one attached hydrogen (secondary N) is 1. The van der Waals surface area contributed by atoms with E-state index in [9.17, 15) is 0 Å². The summed E-state index contributed by atoms with van der Waals surface area (Å²) < 4.78 is 0. The highest BCUT2D eigenvalue weighted by Crippen LogP contribution is 2.31. The minimum atomic E-state index is 0.750. The van der Waals surface area contributed by atoms with Gasteiger partial charge < -0.3 is 4.98 Å². The van der Waals surface area contributed by atoms with Crippen LogP contribution in [0.5, 0.6) is 0 Å². The van der Waals surface area contributed by atoms with E-state index in [2.05, 4.69) is 17.1 Å². The van der Waals surface area contributed by atoms with E-state index in [0.717, 1.165) is 31.9 Å². The van der Waals surface area contributed by atoms with Gasteiger partial charge in [-0.15, -0.1) is 0 Å². The van der Waals surface area contributed by atoms with Crippen LogP contribution in [0.2, 0.25) is 10.0 Å². The third kappa shape index (κ3) is 1.70. The molecule has 0 saturated heterocycles. The minimum absolute atomic E-state index is 0.750. The lowest BCUT2D eigenvalue weighted by Gasteiger charge is -1.99. The first-order valence-corrected chi connectivity index (χ1v) is 6.76. The summed E-state index contributed by atoms with van der Waals surface area (Å²) in [6, 6.07) is 16.1. The molecule has 19 heavy (non-hydrogen) atoms. The standard InChI is InChI=1S/C16H9Cl2N/c17-11-2-1-9-7-16-13(6-10(9)5-11)14-8-12(18)3-4-15(14)19-16/h1-8,19H. The molecule has 1 nitrogen and oxygen atoms in total. The molecular formula is C16H9Cl2N. The molecule has 4 aromatic rings. The van der Waals surface area contributed by atoms with Gasteiger partial charge in [-0.05, 0) is 53.2 Å². The summed E-state index contributed by atoms with van der Waals surface area (Å²) in [6.07, 6.45) is 0. The maximum absolute atomic E-state index is 6.08. The Morgan fingerprint density at radius 1 is 0.632 bits per heavy atom. The Hall–Kier alpha value is -1.70. The molecule has 0 unspecified atom stereocenters. The molecule has 4 rings (SSSR count). The van der Waals surface area contributed by atoms with E-state index in [-0.39, 0.29) is 0 Å². The fourth-order valence-corrected chi connectivity index (χ4v) is 2.94. The van der Waals surface area contributed by atoms with Gasteiger partial charge in [0.2, 0.25) is 0 Å². The van der Waals surface area contributed by atoms with Gasteiger partial charge in [-0.25, -0.2) is 0 Å². The van der Waals surface area contributed by atoms with Crippen LogP contribution >= 0.6 is 23.2 Å². The third-order valence-corrected chi connectivity index (χ3v) is 3.95. The summed E-state index contributed by atoms with van der Waals surface area (Å²) >= 11 is 12.1. The maximum Gasteiger partial charge on any atom is 0.0471 e. The maximum atomic E-state index is 6.08. The fourth-order valence-electron chi connectivity index (χ4n) is 2.59. The Balaban J connectivity index is 2.21. The molecule has 3 heteroatoms. The van der Waals surface area contributed by atoms with Crippen molar-refractivity contribution < 1.29 is 0 Å². The van der Waals surface area contributed by atoms with Gasteiger partial charge in [-0.1, -0.05) is 29.3 Å². The SMILES string of the molecule is Clc1ccc2cc3[nH]c4ccc(Cl)cc4c3cc2c1. The van der Waals surface area contributed by atoms with Crippen molar-refractivity contribution in [2.24, 2.45) is 0 Å². The lowest BCUT2D eigenvalue weighted by Crippen LogP contribution is -1.74. The zero-order valence-electron chi connectivity index (χ0n) is 9.87. The Labute approximate surface area is 119 Å². The molecule has 0 fully saturated rings. The molecule has 0 aliphatic rings. The van der Waals surface area contributed by atoms with Gasteiger partial charge in [-0.3, -0.25) is 0 Å². The number of aromatic nitrogens is 1. The van der Waals surface area contributed by atoms with E-state index in [0.29, 0.717) is 0 Å². The Kier molecular flexibility index (Phi) is 2.29. The number of aromatic amines is 1. The van der Waals surface area contributed by atoms with Crippen LogP contribution in [0.4, 0.5) is 0 Å². The average molecular weight is 286 g/mol. The molecule has 0 amide bonds. The summed E-state index contributed by atoms with van der Waals surface area (Å²) in [5, 5.41) is 6.14. The van der Waals surface area contributed by atoms with Crippen molar-refractivity contribution in [1.29, 1.82) is 0 Å². The molecule has 0 aliphatic heterocycles. The van der Waals surface area contributed by atoms with Gasteiger partial charge in [0.15, 0.2) is 0 Å². The molecule has 1 heterocycles. The summed E-state index contributed by atoms with van der Waals surface area (Å²) in [5.74, 6) is 0. The lowest BCUT2D eigenvalue weighted by molar-refractivity contribution is 1.55. The van der Waals surface area contributed by atoms with E-state index in [1.54, 1.807) is 0 Å². The van der Waals surface area contributed by atoms with Crippen LogP contribution in [0, 0.1) is 0 Å². The number of fused-ring (bicyclic) bond motifs is 4. The van der Waals surface area contributed by atoms with Crippen molar-refractivity contribution in [3.05, 3.63) is 58.6 Å². The van der Waals surface area contributed by atoms with E-state index < -0.39 is 0 Å². The minimum Gasteiger partial charge on any atom is -0.354 e. The Bertz CT molecular complexity index is 932. The quantitative estimate of drug-likeness (QED) is 0.421. The fraction of sp³-hybridized carbons (Fsp3) is 0. The monoisotopic (exact) mass is 285 g/mol. The molecule has 0 spiro atoms. The molecule has 0 aliphatic carbocycles. The highest BCUT2D eigenvalue weighted by atomic mass is 35.5. The van der Waals surface area contributed by atoms with E-state index in [1.165, 1.54) is 10.8 Å². The zero-order valence-corrected chi connectivity index (χ0v) is 11.4. The number of benzene rings is 3. The second-order valence-electron chi connectivity index (χ2n) is 4.70. The topological polar surface area (TPSA) is 15.8 Å². The summed E-state index contributed by atoms with van der Waals surface area (Å²) in [7, 11) is 0. The van der Waals surface area contributed by atoms with Crippen molar-refractivity contribution in [1.82, 2.24) is 4.98 Å². The van der Waals surface area contributed by atoms with Crippen LogP contribution in [-0.4, -0.2) is 4.98 Å². The van der Waals surface area contributed by atoms with Crippen LogP contribution in [0.25, 0.3) is 32.6 Å². The lowest BCUT2D eigenvalue weighted by atomic mass is 10.1. The summed E-state index contributed by atoms with van der Waals surface area (Å²) in [5.41, 5.74) is 2.22. The molecule has 0 radical (unpaired) electrons. The highest BCUT2D eigenvalue weighted by Gasteiger charge is 2.06. The van der Waals surface area contributed by atoms with Gasteiger partial charge in [0.1, 0.15) is 0 Å². The van der Waals surface area contributed by atoms with Gasteiger partial charge in [-0.2, -0.15) is 0 Å². The van der Waals surface area contributed by atoms with Crippen LogP contribution in [0.3, 0.4) is 0 Å².